The van der Waals surface area contributed by atoms with Crippen molar-refractivity contribution in [2.24, 2.45) is 10.7 Å². The van der Waals surface area contributed by atoms with Gasteiger partial charge in [0.1, 0.15) is 16.8 Å². The van der Waals surface area contributed by atoms with Crippen molar-refractivity contribution in [1.82, 2.24) is 4.90 Å². The van der Waals surface area contributed by atoms with E-state index >= 15 is 0 Å². The molecule has 2 aliphatic rings. The Balaban J connectivity index is 2.31. The van der Waals surface area contributed by atoms with E-state index in [2.05, 4.69) is 11.1 Å². The summed E-state index contributed by atoms with van der Waals surface area (Å²) in [4.78, 5) is 19.9. The quantitative estimate of drug-likeness (QED) is 0.584. The van der Waals surface area contributed by atoms with Gasteiger partial charge in [-0.2, -0.15) is 5.26 Å². The predicted octanol–water partition coefficient (Wildman–Crippen LogP) is 3.44. The molecular weight excluding hydrogens is 432 g/mol. The Kier molecular flexibility index (Phi) is 7.20. The molecule has 0 amide bonds. The lowest BCUT2D eigenvalue weighted by Crippen LogP contribution is -2.39. The smallest absolute Gasteiger partial charge is 0.338 e. The summed E-state index contributed by atoms with van der Waals surface area (Å²) in [6.45, 7) is 3.97. The summed E-state index contributed by atoms with van der Waals surface area (Å²) in [7, 11) is 4.56. The van der Waals surface area contributed by atoms with Crippen LogP contribution in [0, 0.1) is 11.3 Å². The van der Waals surface area contributed by atoms with Crippen molar-refractivity contribution in [2.45, 2.75) is 32.7 Å². The highest BCUT2D eigenvalue weighted by Crippen LogP contribution is 2.49. The minimum Gasteiger partial charge on any atom is -0.493 e. The zero-order chi connectivity index (χ0) is 23.4. The van der Waals surface area contributed by atoms with Crippen LogP contribution in [0.25, 0.3) is 0 Å². The SMILES string of the molecule is CCCC1=C(C(=O)OCC)[C@@H](c2cc(OC)c(OC)c(OC)c2)N2C(=N1)SC(C#N)=C2N. The molecule has 0 unspecified atom stereocenters. The highest BCUT2D eigenvalue weighted by atomic mass is 32.2. The number of fused-ring (bicyclic) bond motifs is 1. The van der Waals surface area contributed by atoms with Crippen molar-refractivity contribution in [2.75, 3.05) is 27.9 Å². The van der Waals surface area contributed by atoms with E-state index in [0.717, 1.165) is 6.42 Å². The van der Waals surface area contributed by atoms with Crippen molar-refractivity contribution in [3.8, 4) is 23.3 Å². The monoisotopic (exact) mass is 458 g/mol. The molecule has 0 aromatic heterocycles. The third-order valence-electron chi connectivity index (χ3n) is 5.05. The number of nitrogens with two attached hydrogens (primary N) is 1. The van der Waals surface area contributed by atoms with E-state index in [-0.39, 0.29) is 12.4 Å². The number of aliphatic imine (C=N–C) groups is 1. The molecule has 1 aromatic carbocycles. The second kappa shape index (κ2) is 9.87. The molecule has 9 nitrogen and oxygen atoms in total. The molecule has 32 heavy (non-hydrogen) atoms. The fourth-order valence-electron chi connectivity index (χ4n) is 3.71. The van der Waals surface area contributed by atoms with Crippen molar-refractivity contribution in [3.63, 3.8) is 0 Å². The van der Waals surface area contributed by atoms with Gasteiger partial charge in [0.2, 0.25) is 5.75 Å². The first kappa shape index (κ1) is 23.3. The molecule has 2 aliphatic heterocycles. The van der Waals surface area contributed by atoms with E-state index in [0.29, 0.717) is 50.6 Å². The Morgan fingerprint density at radius 3 is 2.38 bits per heavy atom. The van der Waals surface area contributed by atoms with Crippen LogP contribution < -0.4 is 19.9 Å². The average molecular weight is 459 g/mol. The molecule has 0 saturated heterocycles. The van der Waals surface area contributed by atoms with Gasteiger partial charge in [-0.3, -0.25) is 4.90 Å². The second-order valence-electron chi connectivity index (χ2n) is 6.88. The van der Waals surface area contributed by atoms with E-state index in [9.17, 15) is 10.1 Å². The number of esters is 1. The van der Waals surface area contributed by atoms with Gasteiger partial charge in [-0.25, -0.2) is 9.79 Å². The van der Waals surface area contributed by atoms with Gasteiger partial charge >= 0.3 is 5.97 Å². The van der Waals surface area contributed by atoms with Gasteiger partial charge in [-0.05, 0) is 42.8 Å². The summed E-state index contributed by atoms with van der Waals surface area (Å²) >= 11 is 1.18. The molecule has 1 atom stereocenters. The van der Waals surface area contributed by atoms with E-state index in [4.69, 9.17) is 24.7 Å². The molecule has 0 fully saturated rings. The molecule has 0 spiro atoms. The first-order chi connectivity index (χ1) is 15.4. The first-order valence-electron chi connectivity index (χ1n) is 10.1. The number of nitriles is 1. The summed E-state index contributed by atoms with van der Waals surface area (Å²) in [5.74, 6) is 1.03. The van der Waals surface area contributed by atoms with Gasteiger partial charge in [0.15, 0.2) is 16.7 Å². The summed E-state index contributed by atoms with van der Waals surface area (Å²) in [5, 5.41) is 10.1. The number of allylic oxidation sites excluding steroid dienone is 2. The standard InChI is InChI=1S/C22H26N4O5S/c1-6-8-13-17(21(27)31-7-2)18(26-20(24)16(11-23)32-22(26)25-13)12-9-14(28-3)19(30-5)15(10-12)29-4/h9-10,18H,6-8,24H2,1-5H3/t18-/m1/s1. The average Bonchev–Trinajstić information content (AvgIpc) is 3.12. The Morgan fingerprint density at radius 2 is 1.88 bits per heavy atom. The van der Waals surface area contributed by atoms with Gasteiger partial charge in [-0.15, -0.1) is 0 Å². The lowest BCUT2D eigenvalue weighted by atomic mass is 9.92. The highest BCUT2D eigenvalue weighted by molar-refractivity contribution is 8.17. The summed E-state index contributed by atoms with van der Waals surface area (Å²) in [6, 6.07) is 4.96. The number of rotatable bonds is 8. The molecule has 3 rings (SSSR count). The van der Waals surface area contributed by atoms with Crippen molar-refractivity contribution in [1.29, 1.82) is 5.26 Å². The minimum absolute atomic E-state index is 0.212. The van der Waals surface area contributed by atoms with Crippen LogP contribution in [-0.2, 0) is 9.53 Å². The van der Waals surface area contributed by atoms with Crippen LogP contribution in [0.1, 0.15) is 38.3 Å². The van der Waals surface area contributed by atoms with E-state index in [1.807, 2.05) is 6.92 Å². The number of benzene rings is 1. The van der Waals surface area contributed by atoms with E-state index < -0.39 is 12.0 Å². The van der Waals surface area contributed by atoms with Crippen LogP contribution in [0.15, 0.2) is 39.1 Å². The summed E-state index contributed by atoms with van der Waals surface area (Å²) in [5.41, 5.74) is 7.98. The number of carbonyl (C=O) groups excluding carboxylic acids is 1. The van der Waals surface area contributed by atoms with Crippen LogP contribution in [0.2, 0.25) is 0 Å². The summed E-state index contributed by atoms with van der Waals surface area (Å²) in [6.07, 6.45) is 1.34. The summed E-state index contributed by atoms with van der Waals surface area (Å²) < 4.78 is 21.9. The third-order valence-corrected chi connectivity index (χ3v) is 6.03. The maximum absolute atomic E-state index is 13.2. The molecule has 170 valence electrons. The molecular formula is C22H26N4O5S. The first-order valence-corrected chi connectivity index (χ1v) is 10.9. The van der Waals surface area contributed by atoms with Gasteiger partial charge < -0.3 is 24.7 Å². The third kappa shape index (κ3) is 3.96. The van der Waals surface area contributed by atoms with E-state index in [1.54, 1.807) is 24.0 Å². The zero-order valence-electron chi connectivity index (χ0n) is 18.7. The lowest BCUT2D eigenvalue weighted by molar-refractivity contribution is -0.139. The molecule has 2 N–H and O–H groups in total. The van der Waals surface area contributed by atoms with Crippen molar-refractivity contribution >= 4 is 22.9 Å². The molecule has 2 heterocycles. The maximum Gasteiger partial charge on any atom is 0.338 e. The number of methoxy groups -OCH3 is 3. The Morgan fingerprint density at radius 1 is 1.22 bits per heavy atom. The minimum atomic E-state index is -0.685. The van der Waals surface area contributed by atoms with Gasteiger partial charge in [0.25, 0.3) is 0 Å². The Bertz CT molecular complexity index is 1030. The fourth-order valence-corrected chi connectivity index (χ4v) is 4.60. The molecule has 0 saturated carbocycles. The number of ether oxygens (including phenoxy) is 4. The number of thioether (sulfide) groups is 1. The molecule has 10 heteroatoms. The van der Waals surface area contributed by atoms with E-state index in [1.165, 1.54) is 33.1 Å². The number of hydrogen-bond acceptors (Lipinski definition) is 10. The van der Waals surface area contributed by atoms with Gasteiger partial charge in [0, 0.05) is 0 Å². The van der Waals surface area contributed by atoms with Crippen LogP contribution in [0.4, 0.5) is 0 Å². The number of hydrogen-bond donors (Lipinski definition) is 1. The zero-order valence-corrected chi connectivity index (χ0v) is 19.5. The van der Waals surface area contributed by atoms with Crippen LogP contribution in [0.3, 0.4) is 0 Å². The largest absolute Gasteiger partial charge is 0.493 e. The molecule has 0 radical (unpaired) electrons. The fraction of sp³-hybridized carbons (Fsp3) is 0.409. The number of carbonyl (C=O) groups is 1. The van der Waals surface area contributed by atoms with Crippen LogP contribution >= 0.6 is 11.8 Å². The van der Waals surface area contributed by atoms with Gasteiger partial charge in [-0.1, -0.05) is 13.3 Å². The topological polar surface area (TPSA) is 119 Å². The number of nitrogens with zero attached hydrogens (tertiary/aromatic N) is 3. The van der Waals surface area contributed by atoms with Gasteiger partial charge in [0.05, 0.1) is 45.2 Å². The Hall–Kier alpha value is -3.32. The maximum atomic E-state index is 13.2. The van der Waals surface area contributed by atoms with Crippen LogP contribution in [0.5, 0.6) is 17.2 Å². The number of amidine groups is 1. The predicted molar refractivity (Wildman–Crippen MR) is 121 cm³/mol. The molecule has 1 aromatic rings. The highest BCUT2D eigenvalue weighted by Gasteiger charge is 2.43. The van der Waals surface area contributed by atoms with Crippen molar-refractivity contribution in [3.05, 3.63) is 39.7 Å². The lowest BCUT2D eigenvalue weighted by Gasteiger charge is -2.35. The Labute approximate surface area is 191 Å². The second-order valence-corrected chi connectivity index (χ2v) is 7.86. The molecule has 0 bridgehead atoms. The normalized spacial score (nSPS) is 17.6. The molecule has 0 aliphatic carbocycles. The van der Waals surface area contributed by atoms with Crippen LogP contribution in [-0.4, -0.2) is 44.0 Å². The van der Waals surface area contributed by atoms with Crippen molar-refractivity contribution < 1.29 is 23.7 Å².